The van der Waals surface area contributed by atoms with E-state index >= 15 is 0 Å². The Kier molecular flexibility index (Phi) is 4.61. The summed E-state index contributed by atoms with van der Waals surface area (Å²) in [6.07, 6.45) is 3.39. The van der Waals surface area contributed by atoms with Crippen molar-refractivity contribution in [3.63, 3.8) is 0 Å². The van der Waals surface area contributed by atoms with E-state index in [0.29, 0.717) is 5.56 Å². The first-order valence-corrected chi connectivity index (χ1v) is 8.11. The van der Waals surface area contributed by atoms with Crippen molar-refractivity contribution in [2.75, 3.05) is 0 Å². The lowest BCUT2D eigenvalue weighted by molar-refractivity contribution is 0.0564. The largest absolute Gasteiger partial charge is 0.399 e. The topological polar surface area (TPSA) is 57.5 Å². The molecule has 22 heavy (non-hydrogen) atoms. The second-order valence-electron chi connectivity index (χ2n) is 4.90. The monoisotopic (exact) mass is 324 g/mol. The third-order valence-electron chi connectivity index (χ3n) is 3.24. The van der Waals surface area contributed by atoms with E-state index in [1.165, 1.54) is 6.07 Å². The number of hydrogen-bond donors (Lipinski definition) is 2. The van der Waals surface area contributed by atoms with Gasteiger partial charge in [0.25, 0.3) is 0 Å². The Balaban J connectivity index is 2.34. The van der Waals surface area contributed by atoms with Crippen LogP contribution in [0.5, 0.6) is 0 Å². The van der Waals surface area contributed by atoms with Crippen molar-refractivity contribution >= 4 is 19.7 Å². The quantitative estimate of drug-likeness (QED) is 0.648. The summed E-state index contributed by atoms with van der Waals surface area (Å²) in [6.45, 7) is 1.93. The minimum Gasteiger partial charge on any atom is -0.320 e. The van der Waals surface area contributed by atoms with Gasteiger partial charge in [-0.15, -0.1) is 0 Å². The Labute approximate surface area is 127 Å². The van der Waals surface area contributed by atoms with Gasteiger partial charge in [-0.05, 0) is 29.7 Å². The van der Waals surface area contributed by atoms with E-state index in [1.807, 2.05) is 31.2 Å². The smallest absolute Gasteiger partial charge is 0.320 e. The number of aryl methyl sites for hydroxylation is 1. The van der Waals surface area contributed by atoms with Gasteiger partial charge in [-0.3, -0.25) is 4.57 Å². The zero-order chi connectivity index (χ0) is 16.4. The third kappa shape index (κ3) is 3.50. The summed E-state index contributed by atoms with van der Waals surface area (Å²) < 4.78 is 38.3. The van der Waals surface area contributed by atoms with Gasteiger partial charge >= 0.3 is 13.3 Å². The van der Waals surface area contributed by atoms with Crippen LogP contribution in [-0.2, 0) is 10.2 Å². The second kappa shape index (κ2) is 6.13. The van der Waals surface area contributed by atoms with Crippen LogP contribution < -0.4 is 0 Å². The highest BCUT2D eigenvalue weighted by Gasteiger charge is 2.50. The van der Waals surface area contributed by atoms with Crippen molar-refractivity contribution in [1.82, 2.24) is 0 Å². The Hall–Kier alpha value is -1.81. The van der Waals surface area contributed by atoms with Crippen LogP contribution in [0.3, 0.4) is 0 Å². The van der Waals surface area contributed by atoms with Crippen molar-refractivity contribution in [1.29, 1.82) is 0 Å². The molecule has 3 nitrogen and oxygen atoms in total. The molecule has 0 aromatic heterocycles. The number of hydrogen-bond acceptors (Lipinski definition) is 1. The Bertz CT molecular complexity index is 751. The molecule has 116 valence electrons. The van der Waals surface area contributed by atoms with Gasteiger partial charge in [0.1, 0.15) is 0 Å². The average molecular weight is 324 g/mol. The van der Waals surface area contributed by atoms with Gasteiger partial charge in [0.2, 0.25) is 0 Å². The van der Waals surface area contributed by atoms with Crippen LogP contribution in [0, 0.1) is 6.92 Å². The van der Waals surface area contributed by atoms with Gasteiger partial charge in [0.05, 0.1) is 0 Å². The number of alkyl halides is 2. The van der Waals surface area contributed by atoms with Gasteiger partial charge in [-0.2, -0.15) is 8.78 Å². The van der Waals surface area contributed by atoms with Crippen LogP contribution >= 0.6 is 7.60 Å². The number of rotatable bonds is 4. The minimum absolute atomic E-state index is 0.439. The Morgan fingerprint density at radius 3 is 2.36 bits per heavy atom. The summed E-state index contributed by atoms with van der Waals surface area (Å²) in [5.74, 6) is 0. The molecule has 2 rings (SSSR count). The summed E-state index contributed by atoms with van der Waals surface area (Å²) in [6, 6.07) is 12.6. The molecule has 0 aliphatic heterocycles. The van der Waals surface area contributed by atoms with Gasteiger partial charge in [0.15, 0.2) is 0 Å². The molecule has 0 fully saturated rings. The third-order valence-corrected chi connectivity index (χ3v) is 4.23. The van der Waals surface area contributed by atoms with Crippen molar-refractivity contribution in [2.24, 2.45) is 0 Å². The highest BCUT2D eigenvalue weighted by Crippen LogP contribution is 2.59. The zero-order valence-electron chi connectivity index (χ0n) is 11.8. The molecule has 0 unspecified atom stereocenters. The fourth-order valence-corrected chi connectivity index (χ4v) is 2.43. The van der Waals surface area contributed by atoms with Gasteiger partial charge < -0.3 is 9.79 Å². The molecule has 0 saturated carbocycles. The molecule has 0 aliphatic rings. The SMILES string of the molecule is Cc1ccccc1/C=C/c1cccc(C(F)(F)P(=O)(O)O)c1. The lowest BCUT2D eigenvalue weighted by atomic mass is 10.1. The lowest BCUT2D eigenvalue weighted by Gasteiger charge is -2.18. The highest BCUT2D eigenvalue weighted by molar-refractivity contribution is 7.52. The zero-order valence-corrected chi connectivity index (χ0v) is 12.7. The molecule has 0 heterocycles. The highest BCUT2D eigenvalue weighted by atomic mass is 31.2. The summed E-state index contributed by atoms with van der Waals surface area (Å²) in [5, 5.41) is 0. The van der Waals surface area contributed by atoms with Crippen LogP contribution in [0.4, 0.5) is 8.78 Å². The molecule has 2 aromatic carbocycles. The standard InChI is InChI=1S/C16H15F2O3P/c1-12-5-2-3-7-14(12)10-9-13-6-4-8-15(11-13)16(17,18)22(19,20)21/h2-11H,1H3,(H2,19,20,21)/b10-9+. The first-order valence-electron chi connectivity index (χ1n) is 6.49. The molecular weight excluding hydrogens is 309 g/mol. The Morgan fingerprint density at radius 2 is 1.73 bits per heavy atom. The Morgan fingerprint density at radius 1 is 1.05 bits per heavy atom. The minimum atomic E-state index is -5.55. The molecule has 0 saturated heterocycles. The predicted octanol–water partition coefficient (Wildman–Crippen LogP) is 4.39. The van der Waals surface area contributed by atoms with Crippen molar-refractivity contribution in [3.05, 3.63) is 70.8 Å². The summed E-state index contributed by atoms with van der Waals surface area (Å²) in [4.78, 5) is 17.6. The maximum absolute atomic E-state index is 13.7. The molecule has 0 spiro atoms. The summed E-state index contributed by atoms with van der Waals surface area (Å²) >= 11 is 0. The molecule has 0 amide bonds. The maximum atomic E-state index is 13.7. The fraction of sp³-hybridized carbons (Fsp3) is 0.125. The van der Waals surface area contributed by atoms with E-state index in [1.54, 1.807) is 18.2 Å². The van der Waals surface area contributed by atoms with E-state index in [-0.39, 0.29) is 0 Å². The normalized spacial score (nSPS) is 12.8. The molecule has 0 bridgehead atoms. The van der Waals surface area contributed by atoms with Crippen LogP contribution in [0.25, 0.3) is 12.2 Å². The van der Waals surface area contributed by atoms with Crippen molar-refractivity contribution in [2.45, 2.75) is 12.6 Å². The van der Waals surface area contributed by atoms with E-state index in [4.69, 9.17) is 9.79 Å². The molecule has 2 aromatic rings. The molecule has 2 N–H and O–H groups in total. The van der Waals surface area contributed by atoms with E-state index in [2.05, 4.69) is 0 Å². The number of halogens is 2. The van der Waals surface area contributed by atoms with Gasteiger partial charge in [-0.1, -0.05) is 54.6 Å². The average Bonchev–Trinajstić information content (AvgIpc) is 2.45. The summed E-state index contributed by atoms with van der Waals surface area (Å²) in [5.41, 5.74) is -2.48. The predicted molar refractivity (Wildman–Crippen MR) is 82.5 cm³/mol. The van der Waals surface area contributed by atoms with E-state index in [9.17, 15) is 13.3 Å². The molecule has 6 heteroatoms. The molecular formula is C16H15F2O3P. The fourth-order valence-electron chi connectivity index (χ4n) is 1.96. The van der Waals surface area contributed by atoms with E-state index in [0.717, 1.165) is 23.3 Å². The van der Waals surface area contributed by atoms with Crippen molar-refractivity contribution in [3.8, 4) is 0 Å². The molecule has 0 radical (unpaired) electrons. The lowest BCUT2D eigenvalue weighted by Crippen LogP contribution is -2.13. The second-order valence-corrected chi connectivity index (χ2v) is 6.55. The first kappa shape index (κ1) is 16.6. The summed E-state index contributed by atoms with van der Waals surface area (Å²) in [7, 11) is -5.55. The maximum Gasteiger partial charge on any atom is 0.399 e. The first-order chi connectivity index (χ1) is 10.2. The number of benzene rings is 2. The van der Waals surface area contributed by atoms with Crippen LogP contribution in [0.2, 0.25) is 0 Å². The van der Waals surface area contributed by atoms with Crippen LogP contribution in [-0.4, -0.2) is 9.79 Å². The van der Waals surface area contributed by atoms with Gasteiger partial charge in [-0.25, -0.2) is 0 Å². The van der Waals surface area contributed by atoms with Crippen LogP contribution in [0.15, 0.2) is 48.5 Å². The molecule has 0 aliphatic carbocycles. The van der Waals surface area contributed by atoms with Gasteiger partial charge in [0, 0.05) is 5.56 Å². The van der Waals surface area contributed by atoms with Crippen molar-refractivity contribution < 1.29 is 23.1 Å². The van der Waals surface area contributed by atoms with E-state index < -0.39 is 18.8 Å². The molecule has 0 atom stereocenters. The van der Waals surface area contributed by atoms with Crippen LogP contribution in [0.1, 0.15) is 22.3 Å².